The Bertz CT molecular complexity index is 1110. The minimum atomic E-state index is -0.300. The molecule has 1 aliphatic rings. The number of nitrogens with zero attached hydrogens (tertiary/aromatic N) is 2. The number of fused-ring (bicyclic) bond motifs is 3. The average Bonchev–Trinajstić information content (AvgIpc) is 3.20. The molecule has 0 radical (unpaired) electrons. The Labute approximate surface area is 228 Å². The molecule has 4 rings (SSSR count). The van der Waals surface area contributed by atoms with Gasteiger partial charge in [0.1, 0.15) is 19.0 Å². The van der Waals surface area contributed by atoms with Crippen molar-refractivity contribution < 1.29 is 18.9 Å². The summed E-state index contributed by atoms with van der Waals surface area (Å²) in [6.45, 7) is 8.25. The van der Waals surface area contributed by atoms with Gasteiger partial charge in [0.15, 0.2) is 5.65 Å². The SMILES string of the molecule is CCC(I)CCCOCO[C@@H]1[C@@H](c2ccccc2)Nc2c(ccn3c(C)c(C)nc23)[C@H]1OCCOC. The number of hydrogen-bond donors (Lipinski definition) is 1. The Morgan fingerprint density at radius 2 is 1.89 bits per heavy atom. The highest BCUT2D eigenvalue weighted by Crippen LogP contribution is 2.44. The second-order valence-electron chi connectivity index (χ2n) is 9.24. The number of rotatable bonds is 13. The number of aryl methyl sites for hydroxylation is 2. The van der Waals surface area contributed by atoms with Crippen molar-refractivity contribution in [3.8, 4) is 0 Å². The zero-order valence-electron chi connectivity index (χ0n) is 21.7. The smallest absolute Gasteiger partial charge is 0.161 e. The van der Waals surface area contributed by atoms with Gasteiger partial charge in [-0.05, 0) is 44.7 Å². The Balaban J connectivity index is 1.63. The van der Waals surface area contributed by atoms with Crippen molar-refractivity contribution in [2.24, 2.45) is 0 Å². The number of methoxy groups -OCH3 is 1. The molecule has 1 aliphatic heterocycles. The first-order valence-corrected chi connectivity index (χ1v) is 14.0. The maximum absolute atomic E-state index is 6.44. The van der Waals surface area contributed by atoms with Crippen LogP contribution >= 0.6 is 22.6 Å². The van der Waals surface area contributed by atoms with Gasteiger partial charge in [-0.15, -0.1) is 0 Å². The molecular weight excluding hydrogens is 569 g/mol. The van der Waals surface area contributed by atoms with Crippen LogP contribution < -0.4 is 5.32 Å². The number of ether oxygens (including phenoxy) is 4. The number of imidazole rings is 1. The van der Waals surface area contributed by atoms with E-state index in [4.69, 9.17) is 23.9 Å². The molecule has 7 nitrogen and oxygen atoms in total. The lowest BCUT2D eigenvalue weighted by Gasteiger charge is -2.40. The number of pyridine rings is 1. The Kier molecular flexibility index (Phi) is 10.0. The van der Waals surface area contributed by atoms with E-state index in [9.17, 15) is 0 Å². The topological polar surface area (TPSA) is 66.3 Å². The van der Waals surface area contributed by atoms with Crippen LogP contribution in [0.4, 0.5) is 5.69 Å². The van der Waals surface area contributed by atoms with Crippen LogP contribution in [0.5, 0.6) is 0 Å². The number of benzene rings is 1. The van der Waals surface area contributed by atoms with Crippen molar-refractivity contribution in [3.05, 3.63) is 65.1 Å². The van der Waals surface area contributed by atoms with Gasteiger partial charge in [-0.3, -0.25) is 0 Å². The molecule has 0 fully saturated rings. The second-order valence-corrected chi connectivity index (χ2v) is 11.0. The number of alkyl halides is 1. The fourth-order valence-corrected chi connectivity index (χ4v) is 5.12. The molecule has 0 spiro atoms. The fraction of sp³-hybridized carbons (Fsp3) is 0.536. The summed E-state index contributed by atoms with van der Waals surface area (Å²) >= 11 is 2.51. The summed E-state index contributed by atoms with van der Waals surface area (Å²) in [5.74, 6) is 0. The van der Waals surface area contributed by atoms with Gasteiger partial charge in [-0.25, -0.2) is 4.98 Å². The largest absolute Gasteiger partial charge is 0.382 e. The van der Waals surface area contributed by atoms with Crippen molar-refractivity contribution in [3.63, 3.8) is 0 Å². The molecule has 2 aromatic heterocycles. The third-order valence-electron chi connectivity index (χ3n) is 6.87. The molecule has 1 N–H and O–H groups in total. The minimum Gasteiger partial charge on any atom is -0.382 e. The molecule has 0 aliphatic carbocycles. The van der Waals surface area contributed by atoms with Crippen LogP contribution in [0, 0.1) is 13.8 Å². The van der Waals surface area contributed by atoms with Gasteiger partial charge in [-0.2, -0.15) is 0 Å². The van der Waals surface area contributed by atoms with Crippen molar-refractivity contribution in [1.82, 2.24) is 9.38 Å². The molecular formula is C28H38IN3O4. The van der Waals surface area contributed by atoms with Crippen LogP contribution in [0.2, 0.25) is 0 Å². The lowest BCUT2D eigenvalue weighted by Crippen LogP contribution is -2.40. The van der Waals surface area contributed by atoms with Crippen molar-refractivity contribution >= 4 is 33.9 Å². The molecule has 36 heavy (non-hydrogen) atoms. The molecule has 0 saturated carbocycles. The average molecular weight is 608 g/mol. The monoisotopic (exact) mass is 607 g/mol. The van der Waals surface area contributed by atoms with Crippen LogP contribution in [0.1, 0.15) is 60.8 Å². The van der Waals surface area contributed by atoms with Gasteiger partial charge in [-0.1, -0.05) is 59.8 Å². The summed E-state index contributed by atoms with van der Waals surface area (Å²) in [5.41, 5.74) is 6.21. The van der Waals surface area contributed by atoms with E-state index in [1.807, 2.05) is 13.0 Å². The van der Waals surface area contributed by atoms with Gasteiger partial charge in [0, 0.05) is 35.1 Å². The van der Waals surface area contributed by atoms with Gasteiger partial charge < -0.3 is 28.7 Å². The highest BCUT2D eigenvalue weighted by atomic mass is 127. The van der Waals surface area contributed by atoms with Gasteiger partial charge in [0.05, 0.1) is 30.6 Å². The predicted octanol–water partition coefficient (Wildman–Crippen LogP) is 6.18. The summed E-state index contributed by atoms with van der Waals surface area (Å²) in [5, 5.41) is 3.77. The van der Waals surface area contributed by atoms with E-state index in [0.29, 0.717) is 23.7 Å². The van der Waals surface area contributed by atoms with Gasteiger partial charge in [0.25, 0.3) is 0 Å². The van der Waals surface area contributed by atoms with E-state index < -0.39 is 0 Å². The third-order valence-corrected chi connectivity index (χ3v) is 8.38. The van der Waals surface area contributed by atoms with Crippen molar-refractivity contribution in [1.29, 1.82) is 0 Å². The van der Waals surface area contributed by atoms with Crippen molar-refractivity contribution in [2.75, 3.05) is 39.0 Å². The quantitative estimate of drug-likeness (QED) is 0.109. The first kappa shape index (κ1) is 27.3. The van der Waals surface area contributed by atoms with Crippen molar-refractivity contribution in [2.45, 2.75) is 62.2 Å². The Morgan fingerprint density at radius 3 is 2.64 bits per heavy atom. The number of anilines is 1. The lowest BCUT2D eigenvalue weighted by molar-refractivity contribution is -0.150. The minimum absolute atomic E-state index is 0.128. The summed E-state index contributed by atoms with van der Waals surface area (Å²) in [6.07, 6.45) is 4.86. The van der Waals surface area contributed by atoms with Crippen LogP contribution in [-0.2, 0) is 18.9 Å². The van der Waals surface area contributed by atoms with Crippen LogP contribution in [0.15, 0.2) is 42.6 Å². The molecule has 4 atom stereocenters. The zero-order valence-corrected chi connectivity index (χ0v) is 23.9. The molecule has 1 aromatic carbocycles. The van der Waals surface area contributed by atoms with Crippen LogP contribution in [-0.4, -0.2) is 53.1 Å². The van der Waals surface area contributed by atoms with E-state index in [2.05, 4.69) is 82.7 Å². The van der Waals surface area contributed by atoms with E-state index in [1.165, 1.54) is 6.42 Å². The fourth-order valence-electron chi connectivity index (χ4n) is 4.68. The molecule has 3 aromatic rings. The summed E-state index contributed by atoms with van der Waals surface area (Å²) in [6, 6.07) is 12.4. The van der Waals surface area contributed by atoms with E-state index in [1.54, 1.807) is 7.11 Å². The summed E-state index contributed by atoms with van der Waals surface area (Å²) in [4.78, 5) is 4.88. The van der Waals surface area contributed by atoms with E-state index in [0.717, 1.165) is 46.7 Å². The number of aromatic nitrogens is 2. The molecule has 0 saturated heterocycles. The standard InChI is InChI=1S/C28H38IN3O4/c1-5-22(29)12-9-15-34-18-36-27-24(21-10-7-6-8-11-21)31-25-23(26(27)35-17-16-33-4)13-14-32-20(3)19(2)30-28(25)32/h6-8,10-11,13-14,22,24,26-27,31H,5,9,12,15-18H2,1-4H3/t22?,24-,26-,27-/m1/s1. The zero-order chi connectivity index (χ0) is 25.5. The second kappa shape index (κ2) is 13.2. The Morgan fingerprint density at radius 1 is 1.08 bits per heavy atom. The summed E-state index contributed by atoms with van der Waals surface area (Å²) in [7, 11) is 1.69. The Hall–Kier alpha value is -1.72. The molecule has 3 heterocycles. The summed E-state index contributed by atoms with van der Waals surface area (Å²) < 4.78 is 26.9. The number of nitrogens with one attached hydrogen (secondary N) is 1. The lowest BCUT2D eigenvalue weighted by atomic mass is 9.88. The van der Waals surface area contributed by atoms with Crippen LogP contribution in [0.25, 0.3) is 5.65 Å². The number of hydrogen-bond acceptors (Lipinski definition) is 6. The van der Waals surface area contributed by atoms with Gasteiger partial charge in [0.2, 0.25) is 0 Å². The maximum atomic E-state index is 6.44. The van der Waals surface area contributed by atoms with Crippen LogP contribution in [0.3, 0.4) is 0 Å². The molecule has 8 heteroatoms. The molecule has 0 bridgehead atoms. The number of halogens is 1. The first-order chi connectivity index (χ1) is 17.5. The van der Waals surface area contributed by atoms with E-state index in [-0.39, 0.29) is 25.0 Å². The normalized spacial score (nSPS) is 20.3. The first-order valence-electron chi connectivity index (χ1n) is 12.8. The third kappa shape index (κ3) is 6.22. The van der Waals surface area contributed by atoms with Gasteiger partial charge >= 0.3 is 0 Å². The molecule has 196 valence electrons. The molecule has 1 unspecified atom stereocenters. The molecule has 0 amide bonds. The highest BCUT2D eigenvalue weighted by molar-refractivity contribution is 14.1. The maximum Gasteiger partial charge on any atom is 0.161 e. The van der Waals surface area contributed by atoms with E-state index >= 15 is 0 Å². The highest BCUT2D eigenvalue weighted by Gasteiger charge is 2.40. The predicted molar refractivity (Wildman–Crippen MR) is 151 cm³/mol.